The third kappa shape index (κ3) is 4.76. The van der Waals surface area contributed by atoms with Crippen molar-refractivity contribution in [3.8, 4) is 5.75 Å². The molecule has 0 aliphatic carbocycles. The Morgan fingerprint density at radius 2 is 1.95 bits per heavy atom. The molecule has 1 amide bonds. The van der Waals surface area contributed by atoms with E-state index in [9.17, 15) is 14.7 Å². The van der Waals surface area contributed by atoms with Gasteiger partial charge in [0.2, 0.25) is 0 Å². The minimum Gasteiger partial charge on any atom is -0.506 e. The Bertz CT molecular complexity index is 506. The van der Waals surface area contributed by atoms with E-state index in [-0.39, 0.29) is 24.3 Å². The Labute approximate surface area is 136 Å². The van der Waals surface area contributed by atoms with Crippen molar-refractivity contribution < 1.29 is 24.9 Å². The van der Waals surface area contributed by atoms with Crippen molar-refractivity contribution in [1.82, 2.24) is 5.32 Å². The van der Waals surface area contributed by atoms with E-state index in [2.05, 4.69) is 5.32 Å². The number of hydrogen-bond donors (Lipinski definition) is 4. The molecule has 0 aliphatic rings. The first-order valence-corrected chi connectivity index (χ1v) is 7.35. The highest BCUT2D eigenvalue weighted by Gasteiger charge is 2.16. The molecule has 0 aromatic heterocycles. The van der Waals surface area contributed by atoms with E-state index in [1.54, 1.807) is 6.07 Å². The molecule has 8 heteroatoms. The lowest BCUT2D eigenvalue weighted by atomic mass is 10.2. The average molecular weight is 491 g/mol. The lowest BCUT2D eigenvalue weighted by Gasteiger charge is -2.09. The van der Waals surface area contributed by atoms with Crippen molar-refractivity contribution in [2.24, 2.45) is 0 Å². The number of amides is 1. The van der Waals surface area contributed by atoms with Gasteiger partial charge in [0.15, 0.2) is 6.10 Å². The first-order valence-electron chi connectivity index (χ1n) is 5.20. The fourth-order valence-corrected chi connectivity index (χ4v) is 3.12. The van der Waals surface area contributed by atoms with Gasteiger partial charge in [0.25, 0.3) is 5.91 Å². The molecule has 104 valence electrons. The van der Waals surface area contributed by atoms with E-state index in [0.717, 1.165) is 3.57 Å². The number of nitrogens with one attached hydrogen (secondary N) is 1. The molecule has 1 aromatic carbocycles. The zero-order valence-corrected chi connectivity index (χ0v) is 13.9. The molecule has 4 N–H and O–H groups in total. The molecule has 0 fully saturated rings. The Balaban J connectivity index is 2.67. The molecule has 6 nitrogen and oxygen atoms in total. The summed E-state index contributed by atoms with van der Waals surface area (Å²) in [5.41, 5.74) is 0.126. The number of phenols is 1. The summed E-state index contributed by atoms with van der Waals surface area (Å²) in [6.45, 7) is 0.00773. The molecule has 1 aromatic rings. The van der Waals surface area contributed by atoms with E-state index in [0.29, 0.717) is 3.57 Å². The molecule has 0 bridgehead atoms. The quantitative estimate of drug-likeness (QED) is 0.463. The van der Waals surface area contributed by atoms with Crippen LogP contribution in [0.25, 0.3) is 0 Å². The van der Waals surface area contributed by atoms with Crippen LogP contribution in [0.4, 0.5) is 0 Å². The van der Waals surface area contributed by atoms with Crippen molar-refractivity contribution in [2.75, 3.05) is 6.54 Å². The maximum absolute atomic E-state index is 11.8. The smallest absolute Gasteiger partial charge is 0.332 e. The summed E-state index contributed by atoms with van der Waals surface area (Å²) in [6.07, 6.45) is -1.60. The summed E-state index contributed by atoms with van der Waals surface area (Å²) >= 11 is 3.94. The van der Waals surface area contributed by atoms with E-state index in [1.807, 2.05) is 45.2 Å². The van der Waals surface area contributed by atoms with Gasteiger partial charge < -0.3 is 20.6 Å². The van der Waals surface area contributed by atoms with Gasteiger partial charge in [0.05, 0.1) is 9.13 Å². The number of aromatic hydroxyl groups is 1. The lowest BCUT2D eigenvalue weighted by molar-refractivity contribution is -0.146. The van der Waals surface area contributed by atoms with E-state index < -0.39 is 18.0 Å². The van der Waals surface area contributed by atoms with Gasteiger partial charge in [-0.15, -0.1) is 0 Å². The van der Waals surface area contributed by atoms with Gasteiger partial charge in [-0.3, -0.25) is 4.79 Å². The summed E-state index contributed by atoms with van der Waals surface area (Å²) < 4.78 is 1.36. The number of rotatable bonds is 5. The number of halogens is 2. The molecule has 1 atom stereocenters. The number of hydrogen-bond acceptors (Lipinski definition) is 4. The van der Waals surface area contributed by atoms with Crippen LogP contribution in [0, 0.1) is 7.14 Å². The summed E-state index contributed by atoms with van der Waals surface area (Å²) in [5, 5.41) is 29.8. The van der Waals surface area contributed by atoms with Crippen LogP contribution in [0.2, 0.25) is 0 Å². The normalized spacial score (nSPS) is 11.9. The van der Waals surface area contributed by atoms with Crippen molar-refractivity contribution >= 4 is 57.1 Å². The largest absolute Gasteiger partial charge is 0.506 e. The summed E-state index contributed by atoms with van der Waals surface area (Å²) in [4.78, 5) is 22.2. The standard InChI is InChI=1S/C11H11I2NO5/c12-5-3-6(9(16)7(13)4-5)10(17)14-2-1-8(15)11(18)19/h3-4,8,15-16H,1-2H2,(H,14,17)(H,18,19). The Hall–Kier alpha value is -0.620. The second kappa shape index (κ2) is 7.24. The van der Waals surface area contributed by atoms with Crippen LogP contribution in [0.5, 0.6) is 5.75 Å². The molecule has 1 unspecified atom stereocenters. The highest BCUT2D eigenvalue weighted by molar-refractivity contribution is 14.1. The fourth-order valence-electron chi connectivity index (χ4n) is 1.28. The number of aliphatic hydroxyl groups is 1. The van der Waals surface area contributed by atoms with Gasteiger partial charge in [0.1, 0.15) is 5.75 Å². The second-order valence-electron chi connectivity index (χ2n) is 3.68. The molecule has 0 spiro atoms. The number of aliphatic hydroxyl groups excluding tert-OH is 1. The Morgan fingerprint density at radius 1 is 1.32 bits per heavy atom. The van der Waals surface area contributed by atoms with E-state index >= 15 is 0 Å². The van der Waals surface area contributed by atoms with Crippen molar-refractivity contribution in [1.29, 1.82) is 0 Å². The number of carbonyl (C=O) groups is 2. The van der Waals surface area contributed by atoms with Gasteiger partial charge in [-0.1, -0.05) is 0 Å². The van der Waals surface area contributed by atoms with Crippen molar-refractivity contribution in [3.05, 3.63) is 24.8 Å². The zero-order valence-electron chi connectivity index (χ0n) is 9.56. The number of aliphatic carboxylic acids is 1. The number of carbonyl (C=O) groups excluding carboxylic acids is 1. The molecule has 0 heterocycles. The van der Waals surface area contributed by atoms with Crippen LogP contribution in [0.3, 0.4) is 0 Å². The van der Waals surface area contributed by atoms with Crippen LogP contribution in [0.15, 0.2) is 12.1 Å². The maximum Gasteiger partial charge on any atom is 0.332 e. The number of carboxylic acids is 1. The van der Waals surface area contributed by atoms with Crippen molar-refractivity contribution in [3.63, 3.8) is 0 Å². The first kappa shape index (κ1) is 16.4. The lowest BCUT2D eigenvalue weighted by Crippen LogP contribution is -2.30. The van der Waals surface area contributed by atoms with Crippen LogP contribution in [-0.4, -0.2) is 39.8 Å². The van der Waals surface area contributed by atoms with Gasteiger partial charge >= 0.3 is 5.97 Å². The van der Waals surface area contributed by atoms with Gasteiger partial charge in [-0.05, 0) is 57.3 Å². The molecule has 1 rings (SSSR count). The number of carboxylic acid groups (broad SMARTS) is 1. The van der Waals surface area contributed by atoms with Gasteiger partial charge in [-0.2, -0.15) is 0 Å². The van der Waals surface area contributed by atoms with Crippen LogP contribution in [-0.2, 0) is 4.79 Å². The van der Waals surface area contributed by atoms with E-state index in [4.69, 9.17) is 10.2 Å². The topological polar surface area (TPSA) is 107 Å². The van der Waals surface area contributed by atoms with Gasteiger partial charge in [-0.25, -0.2) is 4.79 Å². The number of benzene rings is 1. The van der Waals surface area contributed by atoms with Crippen molar-refractivity contribution in [2.45, 2.75) is 12.5 Å². The Kier molecular flexibility index (Phi) is 6.26. The maximum atomic E-state index is 11.8. The van der Waals surface area contributed by atoms with Crippen LogP contribution in [0.1, 0.15) is 16.8 Å². The minimum atomic E-state index is -1.51. The first-order chi connectivity index (χ1) is 8.82. The molecular weight excluding hydrogens is 480 g/mol. The molecule has 19 heavy (non-hydrogen) atoms. The highest BCUT2D eigenvalue weighted by atomic mass is 127. The molecule has 0 saturated carbocycles. The number of phenolic OH excluding ortho intramolecular Hbond substituents is 1. The minimum absolute atomic E-state index is 0.00773. The van der Waals surface area contributed by atoms with E-state index in [1.165, 1.54) is 6.07 Å². The third-order valence-electron chi connectivity index (χ3n) is 2.26. The monoisotopic (exact) mass is 491 g/mol. The highest BCUT2D eigenvalue weighted by Crippen LogP contribution is 2.26. The Morgan fingerprint density at radius 3 is 2.53 bits per heavy atom. The fraction of sp³-hybridized carbons (Fsp3) is 0.273. The second-order valence-corrected chi connectivity index (χ2v) is 6.09. The zero-order chi connectivity index (χ0) is 14.6. The van der Waals surface area contributed by atoms with Gasteiger partial charge in [0, 0.05) is 16.5 Å². The molecule has 0 saturated heterocycles. The molecule has 0 radical (unpaired) electrons. The summed E-state index contributed by atoms with van der Waals surface area (Å²) in [5.74, 6) is -1.95. The van der Waals surface area contributed by atoms with Crippen LogP contribution < -0.4 is 5.32 Å². The molecule has 0 aliphatic heterocycles. The molecular formula is C11H11I2NO5. The predicted molar refractivity (Wildman–Crippen MR) is 84.1 cm³/mol. The average Bonchev–Trinajstić information content (AvgIpc) is 2.33. The third-order valence-corrected chi connectivity index (χ3v) is 3.71. The SMILES string of the molecule is O=C(NCCC(O)C(=O)O)c1cc(I)cc(I)c1O. The van der Waals surface area contributed by atoms with Crippen LogP contribution >= 0.6 is 45.2 Å². The summed E-state index contributed by atoms with van der Waals surface area (Å²) in [7, 11) is 0. The predicted octanol–water partition coefficient (Wildman–Crippen LogP) is 1.17. The summed E-state index contributed by atoms with van der Waals surface area (Å²) in [6, 6.07) is 3.25.